The van der Waals surface area contributed by atoms with E-state index >= 15 is 0 Å². The van der Waals surface area contributed by atoms with Gasteiger partial charge in [0.1, 0.15) is 11.5 Å². The van der Waals surface area contributed by atoms with Gasteiger partial charge in [0.25, 0.3) is 0 Å². The van der Waals surface area contributed by atoms with Crippen molar-refractivity contribution in [3.63, 3.8) is 0 Å². The second kappa shape index (κ2) is 6.58. The first-order valence-corrected chi connectivity index (χ1v) is 7.41. The molecule has 0 amide bonds. The Morgan fingerprint density at radius 2 is 2.05 bits per heavy atom. The van der Waals surface area contributed by atoms with Gasteiger partial charge in [0.2, 0.25) is 0 Å². The maximum Gasteiger partial charge on any atom is 0.138 e. The summed E-state index contributed by atoms with van der Waals surface area (Å²) in [6.07, 6.45) is 4.78. The Bertz CT molecular complexity index is 704. The number of hydrogen-bond donors (Lipinski definition) is 1. The van der Waals surface area contributed by atoms with E-state index in [1.807, 2.05) is 37.5 Å². The SMILES string of the molecule is Cc1onc(-c2ccccc2)c1CN(C)CCc1cn[nH]c1. The van der Waals surface area contributed by atoms with Crippen LogP contribution in [0.1, 0.15) is 16.9 Å². The lowest BCUT2D eigenvalue weighted by molar-refractivity contribution is 0.326. The average molecular weight is 296 g/mol. The van der Waals surface area contributed by atoms with Crippen molar-refractivity contribution in [1.29, 1.82) is 0 Å². The molecule has 0 saturated carbocycles. The number of rotatable bonds is 6. The third kappa shape index (κ3) is 3.26. The van der Waals surface area contributed by atoms with E-state index in [-0.39, 0.29) is 0 Å². The van der Waals surface area contributed by atoms with Gasteiger partial charge in [-0.15, -0.1) is 0 Å². The fourth-order valence-electron chi connectivity index (χ4n) is 2.48. The zero-order valence-electron chi connectivity index (χ0n) is 12.9. The molecular weight excluding hydrogens is 276 g/mol. The Kier molecular flexibility index (Phi) is 4.34. The summed E-state index contributed by atoms with van der Waals surface area (Å²) in [4.78, 5) is 2.28. The standard InChI is InChI=1S/C17H20N4O/c1-13-16(12-21(2)9-8-14-10-18-19-11-14)17(20-22-13)15-6-4-3-5-7-15/h3-7,10-11H,8-9,12H2,1-2H3,(H,18,19). The number of aryl methyl sites for hydroxylation is 1. The van der Waals surface area contributed by atoms with Crippen molar-refractivity contribution in [2.45, 2.75) is 19.9 Å². The average Bonchev–Trinajstić information content (AvgIpc) is 3.17. The van der Waals surface area contributed by atoms with Crippen LogP contribution >= 0.6 is 0 Å². The van der Waals surface area contributed by atoms with Crippen LogP contribution in [0.15, 0.2) is 47.2 Å². The maximum absolute atomic E-state index is 5.41. The molecule has 2 heterocycles. The molecule has 0 unspecified atom stereocenters. The third-order valence-electron chi connectivity index (χ3n) is 3.80. The first kappa shape index (κ1) is 14.5. The minimum absolute atomic E-state index is 0.817. The molecule has 1 aromatic carbocycles. The lowest BCUT2D eigenvalue weighted by Crippen LogP contribution is -2.21. The van der Waals surface area contributed by atoms with Gasteiger partial charge in [-0.1, -0.05) is 35.5 Å². The number of aromatic nitrogens is 3. The van der Waals surface area contributed by atoms with Gasteiger partial charge in [-0.2, -0.15) is 5.10 Å². The van der Waals surface area contributed by atoms with Gasteiger partial charge < -0.3 is 9.42 Å². The number of H-pyrrole nitrogens is 1. The molecule has 22 heavy (non-hydrogen) atoms. The van der Waals surface area contributed by atoms with Gasteiger partial charge in [-0.25, -0.2) is 0 Å². The van der Waals surface area contributed by atoms with Crippen LogP contribution in [-0.4, -0.2) is 33.8 Å². The van der Waals surface area contributed by atoms with Crippen molar-refractivity contribution in [1.82, 2.24) is 20.3 Å². The van der Waals surface area contributed by atoms with Crippen molar-refractivity contribution < 1.29 is 4.52 Å². The molecule has 1 N–H and O–H groups in total. The molecule has 0 radical (unpaired) electrons. The number of nitrogens with zero attached hydrogens (tertiary/aromatic N) is 3. The van der Waals surface area contributed by atoms with Gasteiger partial charge >= 0.3 is 0 Å². The fraction of sp³-hybridized carbons (Fsp3) is 0.294. The fourth-order valence-corrected chi connectivity index (χ4v) is 2.48. The molecule has 0 aliphatic heterocycles. The van der Waals surface area contributed by atoms with E-state index in [0.717, 1.165) is 42.1 Å². The summed E-state index contributed by atoms with van der Waals surface area (Å²) >= 11 is 0. The molecule has 0 aliphatic rings. The molecule has 0 aliphatic carbocycles. The molecular formula is C17H20N4O. The second-order valence-electron chi connectivity index (χ2n) is 5.53. The lowest BCUT2D eigenvalue weighted by atomic mass is 10.1. The number of hydrogen-bond acceptors (Lipinski definition) is 4. The predicted molar refractivity (Wildman–Crippen MR) is 85.3 cm³/mol. The van der Waals surface area contributed by atoms with Crippen LogP contribution in [0.25, 0.3) is 11.3 Å². The summed E-state index contributed by atoms with van der Waals surface area (Å²) in [7, 11) is 2.11. The van der Waals surface area contributed by atoms with E-state index < -0.39 is 0 Å². The molecule has 2 aromatic heterocycles. The largest absolute Gasteiger partial charge is 0.361 e. The quantitative estimate of drug-likeness (QED) is 0.759. The van der Waals surface area contributed by atoms with Crippen LogP contribution in [-0.2, 0) is 13.0 Å². The molecule has 5 nitrogen and oxygen atoms in total. The maximum atomic E-state index is 5.41. The monoisotopic (exact) mass is 296 g/mol. The molecule has 0 atom stereocenters. The van der Waals surface area contributed by atoms with Crippen LogP contribution in [0.4, 0.5) is 0 Å². The molecule has 3 rings (SSSR count). The summed E-state index contributed by atoms with van der Waals surface area (Å²) in [5.74, 6) is 0.883. The number of likely N-dealkylation sites (N-methyl/N-ethyl adjacent to an activating group) is 1. The van der Waals surface area contributed by atoms with E-state index in [9.17, 15) is 0 Å². The number of nitrogens with one attached hydrogen (secondary N) is 1. The summed E-state index contributed by atoms with van der Waals surface area (Å²) in [5, 5.41) is 11.1. The van der Waals surface area contributed by atoms with Gasteiger partial charge in [-0.05, 0) is 26.0 Å². The summed E-state index contributed by atoms with van der Waals surface area (Å²) < 4.78 is 5.41. The Morgan fingerprint density at radius 1 is 1.23 bits per heavy atom. The summed E-state index contributed by atoms with van der Waals surface area (Å²) in [5.41, 5.74) is 4.41. The van der Waals surface area contributed by atoms with E-state index in [4.69, 9.17) is 4.52 Å². The van der Waals surface area contributed by atoms with Crippen LogP contribution in [0.3, 0.4) is 0 Å². The highest BCUT2D eigenvalue weighted by molar-refractivity contribution is 5.63. The molecule has 0 bridgehead atoms. The van der Waals surface area contributed by atoms with E-state index in [1.165, 1.54) is 5.56 Å². The smallest absolute Gasteiger partial charge is 0.138 e. The molecule has 114 valence electrons. The normalized spacial score (nSPS) is 11.2. The Balaban J connectivity index is 1.70. The van der Waals surface area contributed by atoms with Crippen molar-refractivity contribution >= 4 is 0 Å². The minimum atomic E-state index is 0.817. The van der Waals surface area contributed by atoms with Crippen molar-refractivity contribution in [2.24, 2.45) is 0 Å². The third-order valence-corrected chi connectivity index (χ3v) is 3.80. The summed E-state index contributed by atoms with van der Waals surface area (Å²) in [6.45, 7) is 3.74. The molecule has 5 heteroatoms. The minimum Gasteiger partial charge on any atom is -0.361 e. The Labute approximate surface area is 129 Å². The van der Waals surface area contributed by atoms with Crippen molar-refractivity contribution in [3.8, 4) is 11.3 Å². The molecule has 0 fully saturated rings. The first-order chi connectivity index (χ1) is 10.7. The van der Waals surface area contributed by atoms with Gasteiger partial charge in [-0.3, -0.25) is 5.10 Å². The van der Waals surface area contributed by atoms with Crippen LogP contribution in [0.2, 0.25) is 0 Å². The lowest BCUT2D eigenvalue weighted by Gasteiger charge is -2.16. The molecule has 0 saturated heterocycles. The number of aromatic amines is 1. The predicted octanol–water partition coefficient (Wildman–Crippen LogP) is 3.05. The van der Waals surface area contributed by atoms with Crippen LogP contribution in [0, 0.1) is 6.92 Å². The second-order valence-corrected chi connectivity index (χ2v) is 5.53. The molecule has 3 aromatic rings. The summed E-state index contributed by atoms with van der Waals surface area (Å²) in [6, 6.07) is 10.2. The van der Waals surface area contributed by atoms with E-state index in [0.29, 0.717) is 0 Å². The molecule has 0 spiro atoms. The van der Waals surface area contributed by atoms with Gasteiger partial charge in [0.15, 0.2) is 0 Å². The van der Waals surface area contributed by atoms with Gasteiger partial charge in [0.05, 0.1) is 6.20 Å². The van der Waals surface area contributed by atoms with Gasteiger partial charge in [0, 0.05) is 30.4 Å². The van der Waals surface area contributed by atoms with Crippen LogP contribution in [0.5, 0.6) is 0 Å². The highest BCUT2D eigenvalue weighted by Crippen LogP contribution is 2.25. The number of benzene rings is 1. The van der Waals surface area contributed by atoms with Crippen molar-refractivity contribution in [3.05, 3.63) is 59.6 Å². The van der Waals surface area contributed by atoms with E-state index in [2.05, 4.69) is 39.4 Å². The highest BCUT2D eigenvalue weighted by Gasteiger charge is 2.16. The zero-order chi connectivity index (χ0) is 15.4. The van der Waals surface area contributed by atoms with E-state index in [1.54, 1.807) is 0 Å². The Morgan fingerprint density at radius 3 is 2.77 bits per heavy atom. The highest BCUT2D eigenvalue weighted by atomic mass is 16.5. The first-order valence-electron chi connectivity index (χ1n) is 7.41. The zero-order valence-corrected chi connectivity index (χ0v) is 12.9. The van der Waals surface area contributed by atoms with Crippen molar-refractivity contribution in [2.75, 3.05) is 13.6 Å². The Hall–Kier alpha value is -2.40. The topological polar surface area (TPSA) is 58.0 Å². The van der Waals surface area contributed by atoms with Crippen LogP contribution < -0.4 is 0 Å².